The standard InChI is InChI=1S/C35H30BP.2ClH.Zr/c1-5-17-30(18-6-1)36(31-19-13-14-20-31,32-21-15-16-22-32)29-37(33-23-7-2-8-24-33,34-25-9-3-10-26-34)35-27-11-4-12-28-35;;;/h1-28H,29H2;2*1H;/q;;;+4/p-2. The van der Waals surface area contributed by atoms with E-state index in [0.717, 1.165) is 6.06 Å². The fourth-order valence-corrected chi connectivity index (χ4v) is 11.4. The van der Waals surface area contributed by atoms with E-state index in [0.29, 0.717) is 0 Å². The SMILES string of the molecule is [CH]1[CH][CH][C]([B-](C[P+](c2ccccc2)(c2ccccc2)c2ccccc2)([C]2[CH][CH][CH][CH]2)c2ccccc2)[CH]1.[Cl][Zr+2][Cl]. The van der Waals surface area contributed by atoms with Crippen LogP contribution >= 0.6 is 24.3 Å². The number of rotatable bonds is 8. The molecule has 5 heteroatoms. The van der Waals surface area contributed by atoms with Gasteiger partial charge in [-0.05, 0) is 68.1 Å². The molecule has 40 heavy (non-hydrogen) atoms. The molecule has 4 aromatic rings. The summed E-state index contributed by atoms with van der Waals surface area (Å²) in [6, 6.07) is 46.0. The molecule has 0 saturated heterocycles. The van der Waals surface area contributed by atoms with Crippen LogP contribution in [0.5, 0.6) is 0 Å². The van der Waals surface area contributed by atoms with Gasteiger partial charge in [0.15, 0.2) is 0 Å². The van der Waals surface area contributed by atoms with Gasteiger partial charge in [0.25, 0.3) is 0 Å². The van der Waals surface area contributed by atoms with E-state index in [1.54, 1.807) is 0 Å². The topological polar surface area (TPSA) is 0 Å². The van der Waals surface area contributed by atoms with Gasteiger partial charge in [-0.2, -0.15) is 11.6 Å². The Bertz CT molecular complexity index is 1170. The molecule has 0 amide bonds. The molecule has 194 valence electrons. The third kappa shape index (κ3) is 6.27. The molecule has 2 aliphatic rings. The van der Waals surface area contributed by atoms with Crippen molar-refractivity contribution in [1.82, 2.24) is 0 Å². The van der Waals surface area contributed by atoms with Gasteiger partial charge in [-0.1, -0.05) is 111 Å². The van der Waals surface area contributed by atoms with Crippen molar-refractivity contribution in [3.8, 4) is 0 Å². The summed E-state index contributed by atoms with van der Waals surface area (Å²) in [6.45, 7) is 0. The third-order valence-electron chi connectivity index (χ3n) is 8.02. The van der Waals surface area contributed by atoms with Crippen LogP contribution in [0.25, 0.3) is 0 Å². The Morgan fingerprint density at radius 1 is 0.475 bits per heavy atom. The normalized spacial score (nSPS) is 16.2. The van der Waals surface area contributed by atoms with Gasteiger partial charge in [0.2, 0.25) is 0 Å². The first-order chi connectivity index (χ1) is 19.8. The van der Waals surface area contributed by atoms with Crippen LogP contribution in [0.1, 0.15) is 0 Å². The molecule has 0 N–H and O–H groups in total. The molecule has 0 unspecified atom stereocenters. The number of benzene rings is 4. The van der Waals surface area contributed by atoms with E-state index >= 15 is 0 Å². The van der Waals surface area contributed by atoms with Gasteiger partial charge < -0.3 is 0 Å². The van der Waals surface area contributed by atoms with Crippen LogP contribution in [-0.4, -0.2) is 12.2 Å². The Kier molecular flexibility index (Phi) is 11.2. The molecule has 2 saturated carbocycles. The van der Waals surface area contributed by atoms with E-state index < -0.39 is 34.3 Å². The minimum atomic E-state index is -2.09. The summed E-state index contributed by atoms with van der Waals surface area (Å²) < 4.78 is 0. The third-order valence-corrected chi connectivity index (χ3v) is 12.7. The van der Waals surface area contributed by atoms with Gasteiger partial charge >= 0.3 is 37.9 Å². The van der Waals surface area contributed by atoms with Crippen molar-refractivity contribution in [2.24, 2.45) is 0 Å². The van der Waals surface area contributed by atoms with Crippen LogP contribution in [0.3, 0.4) is 0 Å². The predicted molar refractivity (Wildman–Crippen MR) is 174 cm³/mol. The van der Waals surface area contributed by atoms with Crippen LogP contribution in [0.4, 0.5) is 0 Å². The van der Waals surface area contributed by atoms with Crippen LogP contribution in [0.2, 0.25) is 0 Å². The van der Waals surface area contributed by atoms with Crippen molar-refractivity contribution in [1.29, 1.82) is 0 Å². The van der Waals surface area contributed by atoms with Gasteiger partial charge in [0.1, 0.15) is 15.9 Å². The van der Waals surface area contributed by atoms with Gasteiger partial charge in [-0.3, -0.25) is 0 Å². The molecule has 0 aliphatic heterocycles. The molecule has 2 aliphatic carbocycles. The van der Waals surface area contributed by atoms with Crippen LogP contribution in [0.15, 0.2) is 121 Å². The average molecular weight is 655 g/mol. The summed E-state index contributed by atoms with van der Waals surface area (Å²) in [5, 5.41) is 4.27. The van der Waals surface area contributed by atoms with Crippen LogP contribution in [-0.2, 0) is 20.8 Å². The molecule has 6 rings (SSSR count). The Hall–Kier alpha value is -1.16. The Morgan fingerprint density at radius 3 is 1.10 bits per heavy atom. The van der Waals surface area contributed by atoms with E-state index in [1.807, 2.05) is 0 Å². The van der Waals surface area contributed by atoms with E-state index in [4.69, 9.17) is 17.0 Å². The molecular weight excluding hydrogens is 624 g/mol. The Balaban J connectivity index is 0.00000103. The Morgan fingerprint density at radius 2 is 0.775 bits per heavy atom. The number of halogens is 2. The number of hydrogen-bond donors (Lipinski definition) is 0. The van der Waals surface area contributed by atoms with Crippen molar-refractivity contribution < 1.29 is 20.8 Å². The fourth-order valence-electron chi connectivity index (χ4n) is 6.33. The van der Waals surface area contributed by atoms with Crippen LogP contribution in [0, 0.1) is 63.0 Å². The summed E-state index contributed by atoms with van der Waals surface area (Å²) in [5.74, 6) is 2.81. The maximum absolute atomic E-state index is 4.93. The van der Waals surface area contributed by atoms with E-state index in [2.05, 4.69) is 173 Å². The van der Waals surface area contributed by atoms with Gasteiger partial charge in [0.05, 0.1) is 13.4 Å². The molecule has 2 fully saturated rings. The molecule has 0 spiro atoms. The Labute approximate surface area is 261 Å². The maximum atomic E-state index is 4.93. The molecule has 0 aromatic heterocycles. The summed E-state index contributed by atoms with van der Waals surface area (Å²) in [4.78, 5) is 0. The van der Waals surface area contributed by atoms with Gasteiger partial charge in [-0.15, -0.1) is 0 Å². The minimum absolute atomic E-state index is 0.826. The zero-order valence-corrected chi connectivity index (χ0v) is 27.0. The molecule has 0 nitrogen and oxygen atoms in total. The van der Waals surface area contributed by atoms with Crippen molar-refractivity contribution in [3.05, 3.63) is 184 Å². The van der Waals surface area contributed by atoms with Gasteiger partial charge in [-0.25, -0.2) is 5.46 Å². The van der Waals surface area contributed by atoms with Crippen molar-refractivity contribution in [2.75, 3.05) is 6.06 Å². The fraction of sp³-hybridized carbons (Fsp3) is 0.0286. The average Bonchev–Trinajstić information content (AvgIpc) is 3.77. The second-order valence-corrected chi connectivity index (χ2v) is 17.2. The molecule has 0 heterocycles. The first kappa shape index (κ1) is 30.3. The van der Waals surface area contributed by atoms with E-state index in [9.17, 15) is 0 Å². The summed E-state index contributed by atoms with van der Waals surface area (Å²) in [7, 11) is 7.77. The second-order valence-electron chi connectivity index (χ2n) is 9.96. The number of hydrogen-bond acceptors (Lipinski definition) is 0. The predicted octanol–water partition coefficient (Wildman–Crippen LogP) is 7.14. The molecular formula is C35H30BCl2PZr+2. The zero-order valence-electron chi connectivity index (χ0n) is 22.2. The molecule has 10 radical (unpaired) electrons. The van der Waals surface area contributed by atoms with Crippen molar-refractivity contribution >= 4 is 51.8 Å². The molecule has 0 atom stereocenters. The van der Waals surface area contributed by atoms with E-state index in [-0.39, 0.29) is 0 Å². The van der Waals surface area contributed by atoms with E-state index in [1.165, 1.54) is 33.0 Å². The van der Waals surface area contributed by atoms with Gasteiger partial charge in [0, 0.05) is 0 Å². The monoisotopic (exact) mass is 652 g/mol. The summed E-state index contributed by atoms with van der Waals surface area (Å²) in [6.07, 6.45) is 16.9. The van der Waals surface area contributed by atoms with Crippen molar-refractivity contribution in [2.45, 2.75) is 0 Å². The zero-order chi connectivity index (χ0) is 27.7. The summed E-state index contributed by atoms with van der Waals surface area (Å²) in [5.41, 5.74) is 1.40. The van der Waals surface area contributed by atoms with Crippen LogP contribution < -0.4 is 21.4 Å². The molecule has 0 bridgehead atoms. The quantitative estimate of drug-likeness (QED) is 0.140. The summed E-state index contributed by atoms with van der Waals surface area (Å²) >= 11 is -0.826. The first-order valence-corrected chi connectivity index (χ1v) is 21.7. The second kappa shape index (κ2) is 14.8. The van der Waals surface area contributed by atoms with Crippen molar-refractivity contribution in [3.63, 3.8) is 0 Å². The first-order valence-electron chi connectivity index (χ1n) is 13.4. The molecule has 4 aromatic carbocycles.